The number of hydrogen-bond donors (Lipinski definition) is 4. The molecule has 0 saturated heterocycles. The molecule has 98 valence electrons. The van der Waals surface area contributed by atoms with E-state index < -0.39 is 11.4 Å². The van der Waals surface area contributed by atoms with Gasteiger partial charge in [-0.2, -0.15) is 9.97 Å². The maximum Gasteiger partial charge on any atom is 0.346 e. The second-order valence-electron chi connectivity index (χ2n) is 3.09. The Morgan fingerprint density at radius 3 is 2.11 bits per heavy atom. The molecule has 2 heterocycles. The van der Waals surface area contributed by atoms with Crippen molar-refractivity contribution < 1.29 is 5.48 Å². The van der Waals surface area contributed by atoms with Crippen LogP contribution in [-0.4, -0.2) is 25.4 Å². The van der Waals surface area contributed by atoms with Crippen molar-refractivity contribution in [3.63, 3.8) is 0 Å². The molecule has 2 rings (SSSR count). The number of nitrogen functional groups attached to an aromatic ring is 2. The van der Waals surface area contributed by atoms with Crippen molar-refractivity contribution in [1.29, 1.82) is 0 Å². The Bertz CT molecular complexity index is 605. The summed E-state index contributed by atoms with van der Waals surface area (Å²) < 4.78 is 0. The number of nitrogens with two attached hydrogens (primary N) is 2. The molecule has 9 heteroatoms. The van der Waals surface area contributed by atoms with E-state index in [0.29, 0.717) is 5.82 Å². The monoisotopic (exact) mass is 254 g/mol. The fraction of sp³-hybridized carbons (Fsp3) is 0.111. The first-order valence-corrected chi connectivity index (χ1v) is 4.62. The quantitative estimate of drug-likeness (QED) is 0.430. The largest absolute Gasteiger partial charge is 0.412 e. The Morgan fingerprint density at radius 2 is 1.72 bits per heavy atom. The maximum absolute atomic E-state index is 10.4. The average molecular weight is 254 g/mol. The van der Waals surface area contributed by atoms with Crippen LogP contribution in [-0.2, 0) is 0 Å². The van der Waals surface area contributed by atoms with E-state index in [1.165, 1.54) is 18.5 Å². The van der Waals surface area contributed by atoms with Gasteiger partial charge >= 0.3 is 11.4 Å². The number of anilines is 2. The molecule has 9 nitrogen and oxygen atoms in total. The lowest BCUT2D eigenvalue weighted by atomic mass is 10.4. The Hall–Kier alpha value is -2.68. The lowest BCUT2D eigenvalue weighted by Crippen LogP contribution is -2.12. The molecule has 2 aromatic heterocycles. The molecule has 0 atom stereocenters. The SMILES string of the molecule is Cc1c[nH]c(=O)nc1N.Nc1cc[nH]c(=O)n1.O. The molecule has 0 bridgehead atoms. The summed E-state index contributed by atoms with van der Waals surface area (Å²) in [6.07, 6.45) is 2.98. The molecular formula is C9H14N6O3. The van der Waals surface area contributed by atoms with Crippen LogP contribution < -0.4 is 22.8 Å². The van der Waals surface area contributed by atoms with Crippen LogP contribution in [0.15, 0.2) is 28.0 Å². The fourth-order valence-electron chi connectivity index (χ4n) is 0.859. The van der Waals surface area contributed by atoms with Crippen LogP contribution in [0.4, 0.5) is 11.6 Å². The number of nitrogens with zero attached hydrogens (tertiary/aromatic N) is 2. The van der Waals surface area contributed by atoms with Gasteiger partial charge in [0, 0.05) is 18.0 Å². The van der Waals surface area contributed by atoms with E-state index in [-0.39, 0.29) is 11.3 Å². The number of aromatic amines is 2. The van der Waals surface area contributed by atoms with Gasteiger partial charge in [-0.15, -0.1) is 0 Å². The van der Waals surface area contributed by atoms with E-state index in [9.17, 15) is 9.59 Å². The molecule has 0 fully saturated rings. The minimum absolute atomic E-state index is 0. The van der Waals surface area contributed by atoms with Gasteiger partial charge in [0.2, 0.25) is 0 Å². The molecule has 0 amide bonds. The molecule has 0 spiro atoms. The summed E-state index contributed by atoms with van der Waals surface area (Å²) in [5.74, 6) is 0.535. The molecule has 18 heavy (non-hydrogen) atoms. The van der Waals surface area contributed by atoms with E-state index in [1.807, 2.05) is 0 Å². The number of nitrogens with one attached hydrogen (secondary N) is 2. The first kappa shape index (κ1) is 15.3. The zero-order valence-electron chi connectivity index (χ0n) is 9.60. The Kier molecular flexibility index (Phi) is 5.79. The highest BCUT2D eigenvalue weighted by atomic mass is 16.1. The summed E-state index contributed by atoms with van der Waals surface area (Å²) >= 11 is 0. The summed E-state index contributed by atoms with van der Waals surface area (Å²) in [5, 5.41) is 0. The Morgan fingerprint density at radius 1 is 1.11 bits per heavy atom. The molecule has 8 N–H and O–H groups in total. The van der Waals surface area contributed by atoms with E-state index in [4.69, 9.17) is 11.5 Å². The molecule has 0 saturated carbocycles. The average Bonchev–Trinajstić information content (AvgIpc) is 2.24. The topological polar surface area (TPSA) is 175 Å². The summed E-state index contributed by atoms with van der Waals surface area (Å²) in [5.41, 5.74) is 10.4. The van der Waals surface area contributed by atoms with Crippen LogP contribution in [0.5, 0.6) is 0 Å². The minimum atomic E-state index is -0.412. The standard InChI is InChI=1S/C5H7N3O.C4H5N3O.H2O/c1-3-2-7-5(9)8-4(3)6;5-3-1-2-6-4(8)7-3;/h2H,1H3,(H3,6,7,8,9);1-2H,(H3,5,6,7,8);1H2. The lowest BCUT2D eigenvalue weighted by Gasteiger charge is -1.92. The number of aromatic nitrogens is 4. The first-order chi connectivity index (χ1) is 7.99. The van der Waals surface area contributed by atoms with E-state index in [2.05, 4.69) is 19.9 Å². The number of hydrogen-bond acceptors (Lipinski definition) is 6. The van der Waals surface area contributed by atoms with Crippen molar-refractivity contribution in [2.24, 2.45) is 0 Å². The summed E-state index contributed by atoms with van der Waals surface area (Å²) in [7, 11) is 0. The summed E-state index contributed by atoms with van der Waals surface area (Å²) in [4.78, 5) is 32.1. The van der Waals surface area contributed by atoms with Crippen LogP contribution in [0.1, 0.15) is 5.56 Å². The summed E-state index contributed by atoms with van der Waals surface area (Å²) in [6, 6.07) is 1.52. The van der Waals surface area contributed by atoms with Gasteiger partial charge in [0.05, 0.1) is 0 Å². The second-order valence-corrected chi connectivity index (χ2v) is 3.09. The predicted molar refractivity (Wildman–Crippen MR) is 66.9 cm³/mol. The molecular weight excluding hydrogens is 240 g/mol. The Balaban J connectivity index is 0.000000306. The highest BCUT2D eigenvalue weighted by Gasteiger charge is 1.91. The van der Waals surface area contributed by atoms with Gasteiger partial charge < -0.3 is 26.9 Å². The van der Waals surface area contributed by atoms with Crippen molar-refractivity contribution in [2.75, 3.05) is 11.5 Å². The molecule has 0 radical (unpaired) electrons. The second kappa shape index (κ2) is 6.81. The van der Waals surface area contributed by atoms with Gasteiger partial charge in [0.1, 0.15) is 11.6 Å². The minimum Gasteiger partial charge on any atom is -0.412 e. The van der Waals surface area contributed by atoms with Gasteiger partial charge in [-0.3, -0.25) is 0 Å². The number of aryl methyl sites for hydroxylation is 1. The molecule has 0 aromatic carbocycles. The van der Waals surface area contributed by atoms with Gasteiger partial charge in [-0.1, -0.05) is 0 Å². The fourth-order valence-corrected chi connectivity index (χ4v) is 0.859. The van der Waals surface area contributed by atoms with Crippen molar-refractivity contribution in [3.05, 3.63) is 45.0 Å². The number of H-pyrrole nitrogens is 2. The van der Waals surface area contributed by atoms with E-state index in [1.54, 1.807) is 6.92 Å². The normalized spacial score (nSPS) is 8.72. The van der Waals surface area contributed by atoms with Crippen LogP contribution in [0, 0.1) is 6.92 Å². The zero-order chi connectivity index (χ0) is 12.8. The smallest absolute Gasteiger partial charge is 0.346 e. The first-order valence-electron chi connectivity index (χ1n) is 4.62. The molecule has 0 unspecified atom stereocenters. The third kappa shape index (κ3) is 4.90. The van der Waals surface area contributed by atoms with E-state index in [0.717, 1.165) is 5.56 Å². The van der Waals surface area contributed by atoms with Crippen LogP contribution in [0.3, 0.4) is 0 Å². The van der Waals surface area contributed by atoms with Gasteiger partial charge in [-0.25, -0.2) is 9.59 Å². The highest BCUT2D eigenvalue weighted by Crippen LogP contribution is 1.97. The summed E-state index contributed by atoms with van der Waals surface area (Å²) in [6.45, 7) is 1.78. The van der Waals surface area contributed by atoms with E-state index >= 15 is 0 Å². The zero-order valence-corrected chi connectivity index (χ0v) is 9.60. The van der Waals surface area contributed by atoms with Crippen molar-refractivity contribution >= 4 is 11.6 Å². The van der Waals surface area contributed by atoms with Crippen molar-refractivity contribution in [2.45, 2.75) is 6.92 Å². The molecule has 0 aliphatic carbocycles. The van der Waals surface area contributed by atoms with Crippen molar-refractivity contribution in [3.8, 4) is 0 Å². The number of rotatable bonds is 0. The highest BCUT2D eigenvalue weighted by molar-refractivity contribution is 5.34. The lowest BCUT2D eigenvalue weighted by molar-refractivity contribution is 0.824. The molecule has 2 aromatic rings. The van der Waals surface area contributed by atoms with Crippen LogP contribution >= 0.6 is 0 Å². The maximum atomic E-state index is 10.4. The molecule has 0 aliphatic rings. The third-order valence-corrected chi connectivity index (χ3v) is 1.73. The van der Waals surface area contributed by atoms with Gasteiger partial charge in [0.15, 0.2) is 0 Å². The van der Waals surface area contributed by atoms with Gasteiger partial charge in [-0.05, 0) is 13.0 Å². The predicted octanol–water partition coefficient (Wildman–Crippen LogP) is -1.81. The van der Waals surface area contributed by atoms with Crippen molar-refractivity contribution in [1.82, 2.24) is 19.9 Å². The van der Waals surface area contributed by atoms with Gasteiger partial charge in [0.25, 0.3) is 0 Å². The molecule has 0 aliphatic heterocycles. The third-order valence-electron chi connectivity index (χ3n) is 1.73. The Labute approximate surface area is 101 Å². The van der Waals surface area contributed by atoms with Crippen LogP contribution in [0.25, 0.3) is 0 Å². The van der Waals surface area contributed by atoms with Crippen LogP contribution in [0.2, 0.25) is 0 Å².